The van der Waals surface area contributed by atoms with E-state index in [1.165, 1.54) is 5.56 Å². The van der Waals surface area contributed by atoms with Gasteiger partial charge in [-0.05, 0) is 45.2 Å². The van der Waals surface area contributed by atoms with Gasteiger partial charge < -0.3 is 14.7 Å². The molecule has 4 nitrogen and oxygen atoms in total. The van der Waals surface area contributed by atoms with E-state index in [0.717, 1.165) is 18.5 Å². The summed E-state index contributed by atoms with van der Waals surface area (Å²) in [7, 11) is 0. The first-order chi connectivity index (χ1) is 9.97. The van der Waals surface area contributed by atoms with E-state index in [2.05, 4.69) is 37.8 Å². The Morgan fingerprint density at radius 1 is 1.29 bits per heavy atom. The average molecular weight is 291 g/mol. The molecule has 0 amide bonds. The number of nitrogens with zero attached hydrogens (tertiary/aromatic N) is 1. The molecule has 0 aromatic heterocycles. The van der Waals surface area contributed by atoms with Gasteiger partial charge in [0.2, 0.25) is 0 Å². The van der Waals surface area contributed by atoms with Crippen molar-refractivity contribution in [2.75, 3.05) is 11.4 Å². The zero-order valence-corrected chi connectivity index (χ0v) is 13.1. The quantitative estimate of drug-likeness (QED) is 0.905. The molecule has 0 spiro atoms. The third-order valence-corrected chi connectivity index (χ3v) is 4.10. The molecular formula is C17H25NO3. The number of aliphatic carboxylic acids is 1. The molecule has 4 heteroatoms. The fourth-order valence-corrected chi connectivity index (χ4v) is 3.23. The largest absolute Gasteiger partial charge is 0.481 e. The Hall–Kier alpha value is -1.55. The van der Waals surface area contributed by atoms with Crippen LogP contribution in [0.5, 0.6) is 0 Å². The molecule has 1 heterocycles. The molecule has 1 aromatic rings. The zero-order valence-electron chi connectivity index (χ0n) is 13.1. The molecule has 0 aliphatic carbocycles. The number of carboxylic acid groups (broad SMARTS) is 1. The van der Waals surface area contributed by atoms with E-state index in [0.29, 0.717) is 12.6 Å². The van der Waals surface area contributed by atoms with E-state index in [1.807, 2.05) is 12.1 Å². The van der Waals surface area contributed by atoms with E-state index in [1.54, 1.807) is 0 Å². The van der Waals surface area contributed by atoms with Gasteiger partial charge in [-0.1, -0.05) is 18.2 Å². The Kier molecular flexibility index (Phi) is 5.23. The molecule has 0 bridgehead atoms. The maximum Gasteiger partial charge on any atom is 0.305 e. The molecule has 1 saturated heterocycles. The van der Waals surface area contributed by atoms with Gasteiger partial charge in [0.25, 0.3) is 0 Å². The highest BCUT2D eigenvalue weighted by Crippen LogP contribution is 2.30. The monoisotopic (exact) mass is 291 g/mol. The first-order valence-electron chi connectivity index (χ1n) is 7.67. The van der Waals surface area contributed by atoms with Crippen LogP contribution in [0.2, 0.25) is 0 Å². The third-order valence-electron chi connectivity index (χ3n) is 4.10. The van der Waals surface area contributed by atoms with Gasteiger partial charge in [0.1, 0.15) is 0 Å². The Morgan fingerprint density at radius 2 is 1.90 bits per heavy atom. The summed E-state index contributed by atoms with van der Waals surface area (Å²) in [5.41, 5.74) is 2.33. The van der Waals surface area contributed by atoms with Crippen LogP contribution in [0.4, 0.5) is 5.69 Å². The first kappa shape index (κ1) is 15.8. The van der Waals surface area contributed by atoms with Gasteiger partial charge in [0.05, 0.1) is 18.6 Å². The molecule has 116 valence electrons. The minimum atomic E-state index is -0.748. The molecule has 1 aliphatic rings. The fourth-order valence-electron chi connectivity index (χ4n) is 3.23. The van der Waals surface area contributed by atoms with Crippen molar-refractivity contribution in [3.05, 3.63) is 29.8 Å². The summed E-state index contributed by atoms with van der Waals surface area (Å²) in [5.74, 6) is -0.748. The highest BCUT2D eigenvalue weighted by molar-refractivity contribution is 5.68. The molecule has 21 heavy (non-hydrogen) atoms. The molecule has 1 N–H and O–H groups in total. The lowest BCUT2D eigenvalue weighted by Gasteiger charge is -2.41. The minimum Gasteiger partial charge on any atom is -0.481 e. The van der Waals surface area contributed by atoms with Gasteiger partial charge in [-0.2, -0.15) is 0 Å². The predicted molar refractivity (Wildman–Crippen MR) is 83.8 cm³/mol. The molecule has 2 rings (SSSR count). The number of rotatable bonds is 5. The van der Waals surface area contributed by atoms with Crippen molar-refractivity contribution >= 4 is 11.7 Å². The summed E-state index contributed by atoms with van der Waals surface area (Å²) in [6.45, 7) is 6.81. The van der Waals surface area contributed by atoms with Crippen LogP contribution in [-0.2, 0) is 9.53 Å². The van der Waals surface area contributed by atoms with E-state index >= 15 is 0 Å². The Balaban J connectivity index is 2.23. The Bertz CT molecular complexity index is 479. The minimum absolute atomic E-state index is 0.161. The van der Waals surface area contributed by atoms with Crippen LogP contribution in [-0.4, -0.2) is 35.9 Å². The summed E-state index contributed by atoms with van der Waals surface area (Å²) < 4.78 is 5.82. The molecule has 2 unspecified atom stereocenters. The SMILES string of the molecule is Cc1ccccc1N(CCC(=O)O)C1CC(C)OC(C)C1. The van der Waals surface area contributed by atoms with Gasteiger partial charge in [-0.15, -0.1) is 0 Å². The maximum absolute atomic E-state index is 11.0. The Labute approximate surface area is 126 Å². The second-order valence-corrected chi connectivity index (χ2v) is 6.01. The lowest BCUT2D eigenvalue weighted by Crippen LogP contribution is -2.45. The lowest BCUT2D eigenvalue weighted by atomic mass is 9.96. The second-order valence-electron chi connectivity index (χ2n) is 6.01. The zero-order chi connectivity index (χ0) is 15.4. The van der Waals surface area contributed by atoms with Crippen LogP contribution in [0.3, 0.4) is 0 Å². The van der Waals surface area contributed by atoms with E-state index < -0.39 is 5.97 Å². The lowest BCUT2D eigenvalue weighted by molar-refractivity contribution is -0.136. The predicted octanol–water partition coefficient (Wildman–Crippen LogP) is 3.23. The molecule has 0 radical (unpaired) electrons. The standard InChI is InChI=1S/C17H25NO3/c1-12-6-4-5-7-16(12)18(9-8-17(19)20)15-10-13(2)21-14(3)11-15/h4-7,13-15H,8-11H2,1-3H3,(H,19,20). The van der Waals surface area contributed by atoms with Crippen LogP contribution in [0.1, 0.15) is 38.7 Å². The van der Waals surface area contributed by atoms with E-state index in [9.17, 15) is 4.79 Å². The number of carbonyl (C=O) groups is 1. The van der Waals surface area contributed by atoms with Crippen molar-refractivity contribution in [3.8, 4) is 0 Å². The highest BCUT2D eigenvalue weighted by Gasteiger charge is 2.29. The van der Waals surface area contributed by atoms with Crippen molar-refractivity contribution in [1.82, 2.24) is 0 Å². The van der Waals surface area contributed by atoms with Crippen molar-refractivity contribution in [1.29, 1.82) is 0 Å². The smallest absolute Gasteiger partial charge is 0.305 e. The number of aryl methyl sites for hydroxylation is 1. The molecular weight excluding hydrogens is 266 g/mol. The summed E-state index contributed by atoms with van der Waals surface area (Å²) in [6.07, 6.45) is 2.48. The fraction of sp³-hybridized carbons (Fsp3) is 0.588. The average Bonchev–Trinajstić information content (AvgIpc) is 2.39. The van der Waals surface area contributed by atoms with Gasteiger partial charge in [-0.25, -0.2) is 0 Å². The summed E-state index contributed by atoms with van der Waals surface area (Å²) in [6, 6.07) is 8.53. The van der Waals surface area contributed by atoms with Crippen LogP contribution in [0.15, 0.2) is 24.3 Å². The van der Waals surface area contributed by atoms with E-state index in [-0.39, 0.29) is 18.6 Å². The second kappa shape index (κ2) is 6.94. The van der Waals surface area contributed by atoms with Crippen molar-refractivity contribution in [2.24, 2.45) is 0 Å². The van der Waals surface area contributed by atoms with E-state index in [4.69, 9.17) is 9.84 Å². The van der Waals surface area contributed by atoms with Crippen LogP contribution in [0, 0.1) is 6.92 Å². The van der Waals surface area contributed by atoms with Gasteiger partial charge >= 0.3 is 5.97 Å². The van der Waals surface area contributed by atoms with Gasteiger partial charge in [0, 0.05) is 18.3 Å². The normalized spacial score (nSPS) is 25.6. The molecule has 0 saturated carbocycles. The summed E-state index contributed by atoms with van der Waals surface area (Å²) >= 11 is 0. The molecule has 1 aliphatic heterocycles. The molecule has 1 aromatic carbocycles. The van der Waals surface area contributed by atoms with Crippen LogP contribution in [0.25, 0.3) is 0 Å². The summed E-state index contributed by atoms with van der Waals surface area (Å²) in [5, 5.41) is 9.03. The highest BCUT2D eigenvalue weighted by atomic mass is 16.5. The number of ether oxygens (including phenoxy) is 1. The van der Waals surface area contributed by atoms with Gasteiger partial charge in [-0.3, -0.25) is 4.79 Å². The molecule has 2 atom stereocenters. The first-order valence-corrected chi connectivity index (χ1v) is 7.67. The van der Waals surface area contributed by atoms with Crippen LogP contribution >= 0.6 is 0 Å². The third kappa shape index (κ3) is 4.21. The maximum atomic E-state index is 11.0. The number of carboxylic acids is 1. The number of anilines is 1. The number of para-hydroxylation sites is 1. The summed E-state index contributed by atoms with van der Waals surface area (Å²) in [4.78, 5) is 13.2. The number of benzene rings is 1. The van der Waals surface area contributed by atoms with Crippen molar-refractivity contribution < 1.29 is 14.6 Å². The number of hydrogen-bond donors (Lipinski definition) is 1. The number of hydrogen-bond acceptors (Lipinski definition) is 3. The van der Waals surface area contributed by atoms with Gasteiger partial charge in [0.15, 0.2) is 0 Å². The topological polar surface area (TPSA) is 49.8 Å². The van der Waals surface area contributed by atoms with Crippen molar-refractivity contribution in [2.45, 2.75) is 58.3 Å². The molecule has 1 fully saturated rings. The van der Waals surface area contributed by atoms with Crippen molar-refractivity contribution in [3.63, 3.8) is 0 Å². The van der Waals surface area contributed by atoms with Crippen LogP contribution < -0.4 is 4.90 Å². The Morgan fingerprint density at radius 3 is 2.48 bits per heavy atom.